The maximum atomic E-state index is 6.18. The number of halogens is 2. The second-order valence-corrected chi connectivity index (χ2v) is 5.35. The van der Waals surface area contributed by atoms with E-state index in [1.807, 2.05) is 12.1 Å². The van der Waals surface area contributed by atoms with E-state index in [2.05, 4.69) is 12.3 Å². The van der Waals surface area contributed by atoms with E-state index >= 15 is 0 Å². The van der Waals surface area contributed by atoms with Crippen molar-refractivity contribution < 1.29 is 0 Å². The van der Waals surface area contributed by atoms with Crippen LogP contribution in [-0.4, -0.2) is 0 Å². The second-order valence-electron chi connectivity index (χ2n) is 4.51. The van der Waals surface area contributed by atoms with Crippen LogP contribution in [0, 0.1) is 11.8 Å². The van der Waals surface area contributed by atoms with Crippen molar-refractivity contribution >= 4 is 23.2 Å². The molecule has 1 aliphatic rings. The average Bonchev–Trinajstić information content (AvgIpc) is 3.07. The quantitative estimate of drug-likeness (QED) is 0.641. The normalized spacial score (nSPS) is 19.5. The number of rotatable bonds is 4. The fourth-order valence-electron chi connectivity index (χ4n) is 2.17. The number of hydrazine groups is 1. The first-order valence-electron chi connectivity index (χ1n) is 5.54. The lowest BCUT2D eigenvalue weighted by Crippen LogP contribution is -2.33. The first-order valence-corrected chi connectivity index (χ1v) is 6.30. The molecule has 2 rings (SSSR count). The predicted octanol–water partition coefficient (Wildman–Crippen LogP) is 3.54. The third kappa shape index (κ3) is 2.51. The van der Waals surface area contributed by atoms with Crippen LogP contribution < -0.4 is 11.3 Å². The van der Waals surface area contributed by atoms with Crippen molar-refractivity contribution in [2.45, 2.75) is 25.8 Å². The molecule has 88 valence electrons. The first kappa shape index (κ1) is 12.2. The van der Waals surface area contributed by atoms with Crippen molar-refractivity contribution in [2.75, 3.05) is 0 Å². The Morgan fingerprint density at radius 2 is 2.06 bits per heavy atom. The summed E-state index contributed by atoms with van der Waals surface area (Å²) in [6.45, 7) is 2.21. The molecule has 0 saturated heterocycles. The third-order valence-electron chi connectivity index (χ3n) is 3.36. The Morgan fingerprint density at radius 1 is 1.38 bits per heavy atom. The lowest BCUT2D eigenvalue weighted by Gasteiger charge is -2.24. The summed E-state index contributed by atoms with van der Waals surface area (Å²) in [5, 5.41) is 1.42. The van der Waals surface area contributed by atoms with Gasteiger partial charge in [-0.2, -0.15) is 0 Å². The van der Waals surface area contributed by atoms with Gasteiger partial charge in [0.05, 0.1) is 6.04 Å². The first-order chi connectivity index (χ1) is 7.63. The summed E-state index contributed by atoms with van der Waals surface area (Å²) in [6.07, 6.45) is 2.58. The van der Waals surface area contributed by atoms with Gasteiger partial charge in [0, 0.05) is 10.0 Å². The van der Waals surface area contributed by atoms with Gasteiger partial charge in [-0.05, 0) is 48.4 Å². The lowest BCUT2D eigenvalue weighted by atomic mass is 9.91. The molecule has 3 N–H and O–H groups in total. The van der Waals surface area contributed by atoms with Crippen LogP contribution in [0.4, 0.5) is 0 Å². The van der Waals surface area contributed by atoms with E-state index in [0.717, 1.165) is 16.5 Å². The molecule has 0 heterocycles. The number of nitrogens with two attached hydrogens (primary N) is 1. The summed E-state index contributed by atoms with van der Waals surface area (Å²) in [4.78, 5) is 0. The SMILES string of the molecule is CC(C1CC1)C(NN)c1cc(Cl)ccc1Cl. The molecule has 1 aromatic carbocycles. The topological polar surface area (TPSA) is 38.0 Å². The van der Waals surface area contributed by atoms with Gasteiger partial charge in [0.2, 0.25) is 0 Å². The van der Waals surface area contributed by atoms with Crippen LogP contribution in [0.5, 0.6) is 0 Å². The van der Waals surface area contributed by atoms with Gasteiger partial charge in [-0.3, -0.25) is 11.3 Å². The van der Waals surface area contributed by atoms with Crippen molar-refractivity contribution in [2.24, 2.45) is 17.7 Å². The molecular formula is C12H16Cl2N2. The maximum absolute atomic E-state index is 6.18. The summed E-state index contributed by atoms with van der Waals surface area (Å²) in [5.41, 5.74) is 3.86. The smallest absolute Gasteiger partial charge is 0.0503 e. The van der Waals surface area contributed by atoms with Gasteiger partial charge in [-0.1, -0.05) is 30.1 Å². The van der Waals surface area contributed by atoms with Crippen LogP contribution in [0.15, 0.2) is 18.2 Å². The molecule has 0 bridgehead atoms. The maximum Gasteiger partial charge on any atom is 0.0503 e. The number of nitrogens with one attached hydrogen (secondary N) is 1. The highest BCUT2D eigenvalue weighted by Gasteiger charge is 2.34. The number of hydrogen-bond acceptors (Lipinski definition) is 2. The Kier molecular flexibility index (Phi) is 3.75. The highest BCUT2D eigenvalue weighted by molar-refractivity contribution is 6.33. The van der Waals surface area contributed by atoms with E-state index in [-0.39, 0.29) is 6.04 Å². The minimum atomic E-state index is 0.0821. The van der Waals surface area contributed by atoms with Gasteiger partial charge in [-0.15, -0.1) is 0 Å². The van der Waals surface area contributed by atoms with Gasteiger partial charge in [0.1, 0.15) is 0 Å². The van der Waals surface area contributed by atoms with Gasteiger partial charge >= 0.3 is 0 Å². The monoisotopic (exact) mass is 258 g/mol. The summed E-state index contributed by atoms with van der Waals surface area (Å²) < 4.78 is 0. The zero-order valence-corrected chi connectivity index (χ0v) is 10.7. The van der Waals surface area contributed by atoms with Crippen LogP contribution in [0.1, 0.15) is 31.4 Å². The largest absolute Gasteiger partial charge is 0.271 e. The van der Waals surface area contributed by atoms with E-state index < -0.39 is 0 Å². The zero-order valence-electron chi connectivity index (χ0n) is 9.21. The summed E-state index contributed by atoms with van der Waals surface area (Å²) in [5.74, 6) is 6.89. The zero-order chi connectivity index (χ0) is 11.7. The molecule has 1 fully saturated rings. The van der Waals surface area contributed by atoms with Crippen LogP contribution in [0.2, 0.25) is 10.0 Å². The van der Waals surface area contributed by atoms with Crippen LogP contribution in [-0.2, 0) is 0 Å². The van der Waals surface area contributed by atoms with Crippen molar-refractivity contribution in [3.8, 4) is 0 Å². The Morgan fingerprint density at radius 3 is 2.62 bits per heavy atom. The lowest BCUT2D eigenvalue weighted by molar-refractivity contribution is 0.354. The summed E-state index contributed by atoms with van der Waals surface area (Å²) >= 11 is 12.2. The van der Waals surface area contributed by atoms with Gasteiger partial charge in [0.15, 0.2) is 0 Å². The van der Waals surface area contributed by atoms with Gasteiger partial charge in [-0.25, -0.2) is 0 Å². The highest BCUT2D eigenvalue weighted by Crippen LogP contribution is 2.43. The van der Waals surface area contributed by atoms with Crippen molar-refractivity contribution in [3.63, 3.8) is 0 Å². The predicted molar refractivity (Wildman–Crippen MR) is 68.4 cm³/mol. The molecule has 2 atom stereocenters. The minimum Gasteiger partial charge on any atom is -0.271 e. The molecule has 4 heteroatoms. The summed E-state index contributed by atoms with van der Waals surface area (Å²) in [7, 11) is 0. The van der Waals surface area contributed by atoms with E-state index in [9.17, 15) is 0 Å². The molecule has 1 aromatic rings. The van der Waals surface area contributed by atoms with Crippen molar-refractivity contribution in [3.05, 3.63) is 33.8 Å². The minimum absolute atomic E-state index is 0.0821. The molecule has 0 radical (unpaired) electrons. The molecule has 2 unspecified atom stereocenters. The molecule has 0 aromatic heterocycles. The molecule has 0 amide bonds. The third-order valence-corrected chi connectivity index (χ3v) is 3.94. The van der Waals surface area contributed by atoms with Crippen molar-refractivity contribution in [1.82, 2.24) is 5.43 Å². The number of benzene rings is 1. The van der Waals surface area contributed by atoms with E-state index in [1.165, 1.54) is 12.8 Å². The second kappa shape index (κ2) is 4.92. The van der Waals surface area contributed by atoms with Gasteiger partial charge in [0.25, 0.3) is 0 Å². The molecule has 0 spiro atoms. The molecule has 2 nitrogen and oxygen atoms in total. The van der Waals surface area contributed by atoms with E-state index in [4.69, 9.17) is 29.0 Å². The van der Waals surface area contributed by atoms with E-state index in [1.54, 1.807) is 6.07 Å². The highest BCUT2D eigenvalue weighted by atomic mass is 35.5. The average molecular weight is 259 g/mol. The van der Waals surface area contributed by atoms with Gasteiger partial charge < -0.3 is 0 Å². The molecule has 1 saturated carbocycles. The Labute approximate surface area is 106 Å². The fraction of sp³-hybridized carbons (Fsp3) is 0.500. The molecule has 16 heavy (non-hydrogen) atoms. The number of hydrogen-bond donors (Lipinski definition) is 2. The standard InChI is InChI=1S/C12H16Cl2N2/c1-7(8-2-3-8)12(16-15)10-6-9(13)4-5-11(10)14/h4-8,12,16H,2-3,15H2,1H3. The fourth-order valence-corrected chi connectivity index (χ4v) is 2.59. The van der Waals surface area contributed by atoms with Crippen LogP contribution >= 0.6 is 23.2 Å². The Bertz CT molecular complexity index is 377. The van der Waals surface area contributed by atoms with Crippen LogP contribution in [0.3, 0.4) is 0 Å². The molecule has 0 aliphatic heterocycles. The Hall–Kier alpha value is -0.280. The van der Waals surface area contributed by atoms with Crippen LogP contribution in [0.25, 0.3) is 0 Å². The Balaban J connectivity index is 2.27. The molecule has 1 aliphatic carbocycles. The van der Waals surface area contributed by atoms with E-state index in [0.29, 0.717) is 10.9 Å². The van der Waals surface area contributed by atoms with Crippen molar-refractivity contribution in [1.29, 1.82) is 0 Å². The molecular weight excluding hydrogens is 243 g/mol. The summed E-state index contributed by atoms with van der Waals surface area (Å²) in [6, 6.07) is 5.60.